The lowest BCUT2D eigenvalue weighted by atomic mass is 10.2. The van der Waals surface area contributed by atoms with Crippen molar-refractivity contribution in [1.29, 1.82) is 0 Å². The van der Waals surface area contributed by atoms with Gasteiger partial charge in [-0.15, -0.1) is 0 Å². The van der Waals surface area contributed by atoms with Gasteiger partial charge in [0.05, 0.1) is 18.0 Å². The first-order chi connectivity index (χ1) is 10.1. The first-order valence-electron chi connectivity index (χ1n) is 6.47. The summed E-state index contributed by atoms with van der Waals surface area (Å²) in [6.45, 7) is 0.881. The summed E-state index contributed by atoms with van der Waals surface area (Å²) < 4.78 is 27.9. The highest BCUT2D eigenvalue weighted by molar-refractivity contribution is 14.1. The van der Waals surface area contributed by atoms with Crippen molar-refractivity contribution in [2.24, 2.45) is 4.99 Å². The van der Waals surface area contributed by atoms with E-state index in [-0.39, 0.29) is 0 Å². The second-order valence-electron chi connectivity index (χ2n) is 4.60. The van der Waals surface area contributed by atoms with E-state index in [9.17, 15) is 8.42 Å². The van der Waals surface area contributed by atoms with Crippen LogP contribution in [-0.2, 0) is 10.0 Å². The molecule has 0 atom stereocenters. The summed E-state index contributed by atoms with van der Waals surface area (Å²) in [6.07, 6.45) is 0. The number of hydrogen-bond donors (Lipinski definition) is 0. The third-order valence-electron chi connectivity index (χ3n) is 3.23. The molecular formula is C15H13IN2O2S. The molecule has 0 aliphatic carbocycles. The van der Waals surface area contributed by atoms with Crippen LogP contribution >= 0.6 is 22.6 Å². The van der Waals surface area contributed by atoms with E-state index in [2.05, 4.69) is 27.6 Å². The van der Waals surface area contributed by atoms with Crippen molar-refractivity contribution in [3.8, 4) is 0 Å². The molecule has 108 valence electrons. The second kappa shape index (κ2) is 5.76. The zero-order chi connectivity index (χ0) is 14.9. The molecule has 0 saturated heterocycles. The fraction of sp³-hybridized carbons (Fsp3) is 0.133. The maximum atomic E-state index is 12.8. The van der Waals surface area contributed by atoms with E-state index in [0.717, 1.165) is 9.13 Å². The molecule has 0 aromatic heterocycles. The molecule has 0 fully saturated rings. The molecule has 0 unspecified atom stereocenters. The summed E-state index contributed by atoms with van der Waals surface area (Å²) in [5, 5.41) is 0. The SMILES string of the molecule is O=S(=O)(c1ccc(I)cc1)N1CCN=C1c1ccccc1. The van der Waals surface area contributed by atoms with Crippen molar-refractivity contribution < 1.29 is 8.42 Å². The molecule has 0 amide bonds. The quantitative estimate of drug-likeness (QED) is 0.729. The second-order valence-corrected chi connectivity index (χ2v) is 7.71. The van der Waals surface area contributed by atoms with Gasteiger partial charge in [0, 0.05) is 9.13 Å². The number of benzene rings is 2. The number of rotatable bonds is 3. The van der Waals surface area contributed by atoms with Gasteiger partial charge in [0.2, 0.25) is 0 Å². The minimum atomic E-state index is -3.55. The monoisotopic (exact) mass is 412 g/mol. The van der Waals surface area contributed by atoms with Crippen LogP contribution in [0.5, 0.6) is 0 Å². The lowest BCUT2D eigenvalue weighted by molar-refractivity contribution is 0.538. The molecule has 1 aliphatic heterocycles. The van der Waals surface area contributed by atoms with Gasteiger partial charge < -0.3 is 0 Å². The van der Waals surface area contributed by atoms with Crippen molar-refractivity contribution in [2.75, 3.05) is 13.1 Å². The first-order valence-corrected chi connectivity index (χ1v) is 8.99. The predicted octanol–water partition coefficient (Wildman–Crippen LogP) is 2.74. The Morgan fingerprint density at radius 1 is 1.00 bits per heavy atom. The Labute approximate surface area is 137 Å². The molecule has 0 radical (unpaired) electrons. The zero-order valence-corrected chi connectivity index (χ0v) is 14.1. The topological polar surface area (TPSA) is 49.7 Å². The Kier molecular flexibility index (Phi) is 3.99. The van der Waals surface area contributed by atoms with Gasteiger partial charge in [-0.3, -0.25) is 4.99 Å². The van der Waals surface area contributed by atoms with Crippen LogP contribution in [0.15, 0.2) is 64.5 Å². The summed E-state index contributed by atoms with van der Waals surface area (Å²) in [7, 11) is -3.55. The van der Waals surface area contributed by atoms with E-state index in [1.807, 2.05) is 30.3 Å². The summed E-state index contributed by atoms with van der Waals surface area (Å²) in [5.41, 5.74) is 0.823. The largest absolute Gasteiger partial charge is 0.265 e. The molecule has 2 aromatic carbocycles. The van der Waals surface area contributed by atoms with Gasteiger partial charge >= 0.3 is 0 Å². The number of aliphatic imine (C=N–C) groups is 1. The Morgan fingerprint density at radius 2 is 1.67 bits per heavy atom. The van der Waals surface area contributed by atoms with Crippen molar-refractivity contribution in [3.05, 3.63) is 63.7 Å². The number of nitrogens with zero attached hydrogens (tertiary/aromatic N) is 2. The minimum Gasteiger partial charge on any atom is -0.265 e. The van der Waals surface area contributed by atoms with E-state index in [1.54, 1.807) is 24.3 Å². The number of halogens is 1. The van der Waals surface area contributed by atoms with Crippen molar-refractivity contribution in [3.63, 3.8) is 0 Å². The molecule has 6 heteroatoms. The number of hydrogen-bond acceptors (Lipinski definition) is 3. The summed E-state index contributed by atoms with van der Waals surface area (Å²) >= 11 is 2.15. The summed E-state index contributed by atoms with van der Waals surface area (Å²) in [6, 6.07) is 16.3. The molecule has 4 nitrogen and oxygen atoms in total. The van der Waals surface area contributed by atoms with Gasteiger partial charge in [0.1, 0.15) is 5.84 Å². The molecule has 0 N–H and O–H groups in total. The normalized spacial score (nSPS) is 15.1. The van der Waals surface area contributed by atoms with Gasteiger partial charge in [-0.25, -0.2) is 12.7 Å². The van der Waals surface area contributed by atoms with Crippen molar-refractivity contribution in [2.45, 2.75) is 4.90 Å². The van der Waals surface area contributed by atoms with Gasteiger partial charge in [-0.1, -0.05) is 30.3 Å². The Bertz CT molecular complexity index is 771. The molecular weight excluding hydrogens is 399 g/mol. The molecule has 1 heterocycles. The zero-order valence-electron chi connectivity index (χ0n) is 11.1. The highest BCUT2D eigenvalue weighted by Crippen LogP contribution is 2.22. The van der Waals surface area contributed by atoms with Crippen LogP contribution in [0, 0.1) is 3.57 Å². The maximum absolute atomic E-state index is 12.8. The lowest BCUT2D eigenvalue weighted by Gasteiger charge is -2.20. The van der Waals surface area contributed by atoms with Crippen LogP contribution in [0.25, 0.3) is 0 Å². The van der Waals surface area contributed by atoms with Gasteiger partial charge in [-0.05, 0) is 46.9 Å². The Hall–Kier alpha value is -1.41. The van der Waals surface area contributed by atoms with Gasteiger partial charge in [-0.2, -0.15) is 0 Å². The van der Waals surface area contributed by atoms with E-state index >= 15 is 0 Å². The van der Waals surface area contributed by atoms with Gasteiger partial charge in [0.25, 0.3) is 10.0 Å². The van der Waals surface area contributed by atoms with Crippen LogP contribution in [0.4, 0.5) is 0 Å². The van der Waals surface area contributed by atoms with Crippen molar-refractivity contribution in [1.82, 2.24) is 4.31 Å². The van der Waals surface area contributed by atoms with Crippen LogP contribution in [0.3, 0.4) is 0 Å². The minimum absolute atomic E-state index is 0.299. The van der Waals surface area contributed by atoms with E-state index < -0.39 is 10.0 Å². The fourth-order valence-corrected chi connectivity index (χ4v) is 4.03. The predicted molar refractivity (Wildman–Crippen MR) is 90.9 cm³/mol. The highest BCUT2D eigenvalue weighted by Gasteiger charge is 2.31. The number of sulfonamides is 1. The Morgan fingerprint density at radius 3 is 2.33 bits per heavy atom. The first kappa shape index (κ1) is 14.5. The van der Waals surface area contributed by atoms with Crippen LogP contribution in [0.1, 0.15) is 5.56 Å². The maximum Gasteiger partial charge on any atom is 0.265 e. The molecule has 1 aliphatic rings. The summed E-state index contributed by atoms with van der Waals surface area (Å²) in [5.74, 6) is 0.522. The third-order valence-corrected chi connectivity index (χ3v) is 5.76. The van der Waals surface area contributed by atoms with E-state index in [0.29, 0.717) is 23.8 Å². The Balaban J connectivity index is 1.99. The molecule has 2 aromatic rings. The van der Waals surface area contributed by atoms with Crippen molar-refractivity contribution >= 4 is 38.4 Å². The number of amidine groups is 1. The average molecular weight is 412 g/mol. The van der Waals surface area contributed by atoms with Crippen LogP contribution in [-0.4, -0.2) is 31.6 Å². The smallest absolute Gasteiger partial charge is 0.265 e. The highest BCUT2D eigenvalue weighted by atomic mass is 127. The molecule has 3 rings (SSSR count). The lowest BCUT2D eigenvalue weighted by Crippen LogP contribution is -2.34. The van der Waals surface area contributed by atoms with E-state index in [1.165, 1.54) is 4.31 Å². The molecule has 0 saturated carbocycles. The van der Waals surface area contributed by atoms with Gasteiger partial charge in [0.15, 0.2) is 0 Å². The fourth-order valence-electron chi connectivity index (χ4n) is 2.22. The van der Waals surface area contributed by atoms with E-state index in [4.69, 9.17) is 0 Å². The summed E-state index contributed by atoms with van der Waals surface area (Å²) in [4.78, 5) is 4.66. The average Bonchev–Trinajstić information content (AvgIpc) is 2.99. The van der Waals surface area contributed by atoms with Crippen LogP contribution in [0.2, 0.25) is 0 Å². The van der Waals surface area contributed by atoms with Crippen LogP contribution < -0.4 is 0 Å². The standard InChI is InChI=1S/C15H13IN2O2S/c16-13-6-8-14(9-7-13)21(19,20)18-11-10-17-15(18)12-4-2-1-3-5-12/h1-9H,10-11H2. The molecule has 0 spiro atoms. The molecule has 0 bridgehead atoms. The molecule has 21 heavy (non-hydrogen) atoms. The third kappa shape index (κ3) is 2.82.